The lowest BCUT2D eigenvalue weighted by Gasteiger charge is -2.36. The molecule has 2 aliphatic rings. The summed E-state index contributed by atoms with van der Waals surface area (Å²) in [6.45, 7) is 2.64. The molecule has 2 rings (SSSR count). The third-order valence-corrected chi connectivity index (χ3v) is 2.65. The van der Waals surface area contributed by atoms with Crippen molar-refractivity contribution in [2.45, 2.75) is 44.6 Å². The number of hydrogen-bond donors (Lipinski definition) is 1. The van der Waals surface area contributed by atoms with E-state index in [0.29, 0.717) is 0 Å². The highest BCUT2D eigenvalue weighted by atomic mass is 16.8. The number of aliphatic hydroxyl groups is 1. The van der Waals surface area contributed by atoms with Gasteiger partial charge in [-0.1, -0.05) is 0 Å². The van der Waals surface area contributed by atoms with E-state index in [0.717, 1.165) is 0 Å². The van der Waals surface area contributed by atoms with Gasteiger partial charge in [0.15, 0.2) is 18.5 Å². The Morgan fingerprint density at radius 3 is 2.35 bits per heavy atom. The monoisotopic (exact) mass is 246 g/mol. The quantitative estimate of drug-likeness (QED) is 0.622. The predicted octanol–water partition coefficient (Wildman–Crippen LogP) is -1.03. The fraction of sp³-hybridized carbons (Fsp3) is 0.800. The predicted molar refractivity (Wildman–Crippen MR) is 51.7 cm³/mol. The highest BCUT2D eigenvalue weighted by Crippen LogP contribution is 2.31. The third-order valence-electron chi connectivity index (χ3n) is 2.65. The van der Waals surface area contributed by atoms with Gasteiger partial charge in [-0.15, -0.1) is 0 Å². The summed E-state index contributed by atoms with van der Waals surface area (Å²) in [5, 5.41) is 9.99. The number of carbonyl (C=O) groups is 2. The van der Waals surface area contributed by atoms with Crippen LogP contribution in [0.4, 0.5) is 0 Å². The largest absolute Gasteiger partial charge is 0.457 e. The summed E-state index contributed by atoms with van der Waals surface area (Å²) in [5.74, 6) is -1.10. The van der Waals surface area contributed by atoms with Crippen molar-refractivity contribution in [1.29, 1.82) is 0 Å². The van der Waals surface area contributed by atoms with Crippen molar-refractivity contribution in [2.75, 3.05) is 6.61 Å². The Bertz CT molecular complexity index is 299. The molecule has 2 bridgehead atoms. The molecule has 2 fully saturated rings. The van der Waals surface area contributed by atoms with Gasteiger partial charge in [-0.2, -0.15) is 0 Å². The summed E-state index contributed by atoms with van der Waals surface area (Å²) in [4.78, 5) is 21.8. The van der Waals surface area contributed by atoms with E-state index in [9.17, 15) is 14.7 Å². The topological polar surface area (TPSA) is 91.3 Å². The minimum absolute atomic E-state index is 0.192. The molecule has 0 spiro atoms. The number of aliphatic hydroxyl groups excluding tert-OH is 1. The van der Waals surface area contributed by atoms with Crippen LogP contribution in [0.25, 0.3) is 0 Å². The van der Waals surface area contributed by atoms with Crippen LogP contribution >= 0.6 is 0 Å². The van der Waals surface area contributed by atoms with Crippen molar-refractivity contribution < 1.29 is 33.6 Å². The van der Waals surface area contributed by atoms with Gasteiger partial charge < -0.3 is 24.1 Å². The SMILES string of the molecule is CC(=O)OC1C2COC(O2)C(OC(C)=O)C1O. The second kappa shape index (κ2) is 4.59. The molecule has 2 aliphatic heterocycles. The van der Waals surface area contributed by atoms with Gasteiger partial charge in [0.05, 0.1) is 6.61 Å². The van der Waals surface area contributed by atoms with E-state index in [4.69, 9.17) is 18.9 Å². The van der Waals surface area contributed by atoms with Gasteiger partial charge in [0.25, 0.3) is 0 Å². The Kier molecular flexibility index (Phi) is 3.32. The molecule has 0 radical (unpaired) electrons. The smallest absolute Gasteiger partial charge is 0.303 e. The standard InChI is InChI=1S/C10H14O7/c1-4(11)15-8-6-3-14-10(17-6)9(7(8)13)16-5(2)12/h6-10,13H,3H2,1-2H3. The number of hydrogen-bond acceptors (Lipinski definition) is 7. The molecule has 1 N–H and O–H groups in total. The highest BCUT2D eigenvalue weighted by molar-refractivity contribution is 5.67. The van der Waals surface area contributed by atoms with E-state index in [1.165, 1.54) is 13.8 Å². The fourth-order valence-electron chi connectivity index (χ4n) is 2.01. The van der Waals surface area contributed by atoms with Gasteiger partial charge in [-0.25, -0.2) is 0 Å². The van der Waals surface area contributed by atoms with Crippen LogP contribution in [0, 0.1) is 0 Å². The molecule has 0 saturated carbocycles. The van der Waals surface area contributed by atoms with E-state index >= 15 is 0 Å². The number of fused-ring (bicyclic) bond motifs is 2. The molecular formula is C10H14O7. The molecule has 0 amide bonds. The molecule has 7 heteroatoms. The Morgan fingerprint density at radius 2 is 1.76 bits per heavy atom. The molecule has 0 aromatic heterocycles. The molecule has 96 valence electrons. The number of rotatable bonds is 2. The normalized spacial score (nSPS) is 39.8. The van der Waals surface area contributed by atoms with E-state index < -0.39 is 42.6 Å². The van der Waals surface area contributed by atoms with Crippen molar-refractivity contribution in [1.82, 2.24) is 0 Å². The number of ether oxygens (including phenoxy) is 4. The van der Waals surface area contributed by atoms with E-state index in [2.05, 4.69) is 0 Å². The van der Waals surface area contributed by atoms with Gasteiger partial charge >= 0.3 is 11.9 Å². The van der Waals surface area contributed by atoms with Crippen LogP contribution in [-0.2, 0) is 28.5 Å². The minimum atomic E-state index is -1.14. The first kappa shape index (κ1) is 12.3. The zero-order chi connectivity index (χ0) is 12.6. The van der Waals surface area contributed by atoms with Crippen molar-refractivity contribution in [3.05, 3.63) is 0 Å². The second-order valence-electron chi connectivity index (χ2n) is 4.01. The fourth-order valence-corrected chi connectivity index (χ4v) is 2.01. The summed E-state index contributed by atoms with van der Waals surface area (Å²) in [6, 6.07) is 0. The van der Waals surface area contributed by atoms with Gasteiger partial charge in [0.1, 0.15) is 12.2 Å². The number of carbonyl (C=O) groups excluding carboxylic acids is 2. The van der Waals surface area contributed by atoms with Crippen molar-refractivity contribution in [3.8, 4) is 0 Å². The Hall–Kier alpha value is -1.18. The molecule has 0 aliphatic carbocycles. The first-order valence-corrected chi connectivity index (χ1v) is 5.28. The zero-order valence-electron chi connectivity index (χ0n) is 9.49. The Morgan fingerprint density at radius 1 is 1.18 bits per heavy atom. The summed E-state index contributed by atoms with van der Waals surface area (Å²) in [5.41, 5.74) is 0. The lowest BCUT2D eigenvalue weighted by Crippen LogP contribution is -2.56. The van der Waals surface area contributed by atoms with E-state index in [-0.39, 0.29) is 6.61 Å². The maximum atomic E-state index is 10.9. The first-order chi connectivity index (χ1) is 7.99. The van der Waals surface area contributed by atoms with E-state index in [1.54, 1.807) is 0 Å². The molecule has 7 nitrogen and oxygen atoms in total. The molecule has 5 unspecified atom stereocenters. The van der Waals surface area contributed by atoms with Crippen molar-refractivity contribution in [3.63, 3.8) is 0 Å². The zero-order valence-corrected chi connectivity index (χ0v) is 9.49. The summed E-state index contributed by atoms with van der Waals surface area (Å²) in [6.07, 6.45) is -4.32. The summed E-state index contributed by atoms with van der Waals surface area (Å²) >= 11 is 0. The summed E-state index contributed by atoms with van der Waals surface area (Å²) < 4.78 is 20.5. The first-order valence-electron chi connectivity index (χ1n) is 5.28. The van der Waals surface area contributed by atoms with Crippen molar-refractivity contribution >= 4 is 11.9 Å². The average Bonchev–Trinajstić information content (AvgIpc) is 2.65. The molecule has 5 atom stereocenters. The minimum Gasteiger partial charge on any atom is -0.457 e. The molecule has 2 saturated heterocycles. The maximum Gasteiger partial charge on any atom is 0.303 e. The Balaban J connectivity index is 2.12. The molecule has 2 heterocycles. The summed E-state index contributed by atoms with van der Waals surface area (Å²) in [7, 11) is 0. The average molecular weight is 246 g/mol. The van der Waals surface area contributed by atoms with Gasteiger partial charge in [-0.3, -0.25) is 9.59 Å². The molecule has 17 heavy (non-hydrogen) atoms. The van der Waals surface area contributed by atoms with Crippen LogP contribution in [0.5, 0.6) is 0 Å². The van der Waals surface area contributed by atoms with Crippen LogP contribution in [0.2, 0.25) is 0 Å². The van der Waals surface area contributed by atoms with Crippen LogP contribution in [0.1, 0.15) is 13.8 Å². The van der Waals surface area contributed by atoms with Crippen LogP contribution in [-0.4, -0.2) is 54.4 Å². The van der Waals surface area contributed by atoms with E-state index in [1.807, 2.05) is 0 Å². The van der Waals surface area contributed by atoms with Crippen LogP contribution in [0.3, 0.4) is 0 Å². The second-order valence-corrected chi connectivity index (χ2v) is 4.01. The van der Waals surface area contributed by atoms with Crippen LogP contribution in [0.15, 0.2) is 0 Å². The van der Waals surface area contributed by atoms with Crippen molar-refractivity contribution in [2.24, 2.45) is 0 Å². The van der Waals surface area contributed by atoms with Gasteiger partial charge in [-0.05, 0) is 0 Å². The molecule has 0 aromatic rings. The van der Waals surface area contributed by atoms with Crippen LogP contribution < -0.4 is 0 Å². The lowest BCUT2D eigenvalue weighted by atomic mass is 10.0. The number of esters is 2. The third kappa shape index (κ3) is 2.41. The van der Waals surface area contributed by atoms with Gasteiger partial charge in [0, 0.05) is 13.8 Å². The molecular weight excluding hydrogens is 232 g/mol. The Labute approximate surface area is 97.6 Å². The highest BCUT2D eigenvalue weighted by Gasteiger charge is 2.53. The lowest BCUT2D eigenvalue weighted by molar-refractivity contribution is -0.244. The maximum absolute atomic E-state index is 10.9. The van der Waals surface area contributed by atoms with Gasteiger partial charge in [0.2, 0.25) is 0 Å². The molecule has 0 aromatic carbocycles.